The number of aromatic nitrogens is 2. The maximum Gasteiger partial charge on any atom is 0.410 e. The smallest absolute Gasteiger partial charge is 0.410 e. The zero-order valence-corrected chi connectivity index (χ0v) is 14.0. The molecule has 1 aromatic rings. The molecule has 22 heavy (non-hydrogen) atoms. The number of hydrogen-bond donors (Lipinski definition) is 1. The monoisotopic (exact) mass is 307 g/mol. The summed E-state index contributed by atoms with van der Waals surface area (Å²) in [6.45, 7) is 14.4. The van der Waals surface area contributed by atoms with Crippen LogP contribution in [-0.4, -0.2) is 39.4 Å². The van der Waals surface area contributed by atoms with Gasteiger partial charge in [0, 0.05) is 18.0 Å². The van der Waals surface area contributed by atoms with Gasteiger partial charge in [-0.1, -0.05) is 6.58 Å². The summed E-state index contributed by atoms with van der Waals surface area (Å²) in [6.07, 6.45) is 0.379. The molecule has 2 heterocycles. The molecule has 1 aromatic heterocycles. The Labute approximate surface area is 131 Å². The van der Waals surface area contributed by atoms with E-state index in [0.29, 0.717) is 25.3 Å². The van der Waals surface area contributed by atoms with Gasteiger partial charge in [-0.2, -0.15) is 5.10 Å². The SMILES string of the molecule is C=C(OCC)c1[nH]nc2c1CN(C(=O)OC(C)(C)C)[C@H](C)C2. The third kappa shape index (κ3) is 3.43. The van der Waals surface area contributed by atoms with Crippen molar-refractivity contribution >= 4 is 11.9 Å². The molecule has 122 valence electrons. The second-order valence-electron chi connectivity index (χ2n) is 6.54. The zero-order chi connectivity index (χ0) is 16.5. The van der Waals surface area contributed by atoms with E-state index in [4.69, 9.17) is 9.47 Å². The largest absolute Gasteiger partial charge is 0.492 e. The summed E-state index contributed by atoms with van der Waals surface area (Å²) in [5.41, 5.74) is 2.17. The average molecular weight is 307 g/mol. The molecule has 6 heteroatoms. The van der Waals surface area contributed by atoms with Gasteiger partial charge in [-0.25, -0.2) is 4.79 Å². The first-order valence-corrected chi connectivity index (χ1v) is 7.60. The van der Waals surface area contributed by atoms with Crippen LogP contribution in [0.15, 0.2) is 6.58 Å². The minimum absolute atomic E-state index is 0.0406. The van der Waals surface area contributed by atoms with Gasteiger partial charge in [0.25, 0.3) is 0 Å². The van der Waals surface area contributed by atoms with Crippen molar-refractivity contribution in [2.45, 2.75) is 59.2 Å². The van der Waals surface area contributed by atoms with Crippen LogP contribution in [0.1, 0.15) is 51.6 Å². The minimum Gasteiger partial charge on any atom is -0.492 e. The van der Waals surface area contributed by atoms with Crippen molar-refractivity contribution in [2.75, 3.05) is 6.61 Å². The van der Waals surface area contributed by atoms with Gasteiger partial charge in [0.2, 0.25) is 0 Å². The molecule has 1 N–H and O–H groups in total. The first-order chi connectivity index (χ1) is 10.2. The molecule has 1 aliphatic heterocycles. The Balaban J connectivity index is 2.22. The molecule has 0 radical (unpaired) electrons. The summed E-state index contributed by atoms with van der Waals surface area (Å²) >= 11 is 0. The molecule has 1 amide bonds. The number of H-pyrrole nitrogens is 1. The van der Waals surface area contributed by atoms with Gasteiger partial charge in [-0.3, -0.25) is 5.10 Å². The number of nitrogens with one attached hydrogen (secondary N) is 1. The first kappa shape index (κ1) is 16.4. The third-order valence-corrected chi connectivity index (χ3v) is 3.53. The standard InChI is InChI=1S/C16H25N3O3/c1-7-21-11(3)14-12-9-19(15(20)22-16(4,5)6)10(2)8-13(12)17-18-14/h10H,3,7-9H2,1-2,4-6H3,(H,17,18)/t10-/m1/s1. The highest BCUT2D eigenvalue weighted by Gasteiger charge is 2.33. The quantitative estimate of drug-likeness (QED) is 0.871. The Hall–Kier alpha value is -1.98. The lowest BCUT2D eigenvalue weighted by molar-refractivity contribution is 0.0137. The first-order valence-electron chi connectivity index (χ1n) is 7.60. The van der Waals surface area contributed by atoms with Crippen LogP contribution in [-0.2, 0) is 22.4 Å². The summed E-state index contributed by atoms with van der Waals surface area (Å²) in [5, 5.41) is 7.31. The van der Waals surface area contributed by atoms with E-state index < -0.39 is 5.60 Å². The van der Waals surface area contributed by atoms with Gasteiger partial charge in [-0.05, 0) is 34.6 Å². The topological polar surface area (TPSA) is 67.5 Å². The molecule has 2 rings (SSSR count). The molecule has 1 atom stereocenters. The van der Waals surface area contributed by atoms with Crippen LogP contribution in [0.3, 0.4) is 0 Å². The Morgan fingerprint density at radius 1 is 1.50 bits per heavy atom. The average Bonchev–Trinajstić information content (AvgIpc) is 2.78. The molecular weight excluding hydrogens is 282 g/mol. The molecule has 0 spiro atoms. The molecule has 0 fully saturated rings. The summed E-state index contributed by atoms with van der Waals surface area (Å²) < 4.78 is 10.9. The highest BCUT2D eigenvalue weighted by Crippen LogP contribution is 2.29. The van der Waals surface area contributed by atoms with Gasteiger partial charge in [0.15, 0.2) is 0 Å². The lowest BCUT2D eigenvalue weighted by atomic mass is 9.99. The van der Waals surface area contributed by atoms with Crippen LogP contribution in [0.4, 0.5) is 4.79 Å². The summed E-state index contributed by atoms with van der Waals surface area (Å²) in [6, 6.07) is 0.0406. The molecular formula is C16H25N3O3. The van der Waals surface area contributed by atoms with Crippen molar-refractivity contribution in [1.82, 2.24) is 15.1 Å². The Kier molecular flexibility index (Phi) is 4.49. The Morgan fingerprint density at radius 2 is 2.18 bits per heavy atom. The van der Waals surface area contributed by atoms with E-state index in [-0.39, 0.29) is 12.1 Å². The lowest BCUT2D eigenvalue weighted by Crippen LogP contribution is -2.45. The summed E-state index contributed by atoms with van der Waals surface area (Å²) in [4.78, 5) is 14.1. The van der Waals surface area contributed by atoms with Gasteiger partial charge in [0.1, 0.15) is 17.1 Å². The van der Waals surface area contributed by atoms with Crippen molar-refractivity contribution in [3.8, 4) is 0 Å². The normalized spacial score (nSPS) is 17.9. The number of carbonyl (C=O) groups is 1. The van der Waals surface area contributed by atoms with Crippen molar-refractivity contribution in [2.24, 2.45) is 0 Å². The van der Waals surface area contributed by atoms with Crippen molar-refractivity contribution < 1.29 is 14.3 Å². The van der Waals surface area contributed by atoms with Crippen molar-refractivity contribution in [3.63, 3.8) is 0 Å². The van der Waals surface area contributed by atoms with Crippen LogP contribution < -0.4 is 0 Å². The number of hydrogen-bond acceptors (Lipinski definition) is 4. The van der Waals surface area contributed by atoms with E-state index in [1.807, 2.05) is 34.6 Å². The summed E-state index contributed by atoms with van der Waals surface area (Å²) in [5.74, 6) is 0.551. The van der Waals surface area contributed by atoms with Crippen LogP contribution in [0.5, 0.6) is 0 Å². The number of carbonyl (C=O) groups excluding carboxylic acids is 1. The maximum absolute atomic E-state index is 12.4. The van der Waals surface area contributed by atoms with E-state index in [0.717, 1.165) is 17.0 Å². The number of nitrogens with zero attached hydrogens (tertiary/aromatic N) is 2. The van der Waals surface area contributed by atoms with E-state index in [9.17, 15) is 4.79 Å². The third-order valence-electron chi connectivity index (χ3n) is 3.53. The van der Waals surface area contributed by atoms with Crippen LogP contribution >= 0.6 is 0 Å². The highest BCUT2D eigenvalue weighted by molar-refractivity contribution is 5.70. The predicted octanol–water partition coefficient (Wildman–Crippen LogP) is 3.10. The van der Waals surface area contributed by atoms with E-state index in [1.165, 1.54) is 0 Å². The molecule has 0 saturated carbocycles. The zero-order valence-electron chi connectivity index (χ0n) is 14.0. The molecule has 0 bridgehead atoms. The molecule has 0 aliphatic carbocycles. The number of ether oxygens (including phenoxy) is 2. The highest BCUT2D eigenvalue weighted by atomic mass is 16.6. The predicted molar refractivity (Wildman–Crippen MR) is 84.2 cm³/mol. The fourth-order valence-electron chi connectivity index (χ4n) is 2.50. The number of fused-ring (bicyclic) bond motifs is 1. The van der Waals surface area contributed by atoms with Gasteiger partial charge in [0.05, 0.1) is 18.8 Å². The Bertz CT molecular complexity index is 572. The number of aromatic amines is 1. The molecule has 0 aromatic carbocycles. The van der Waals surface area contributed by atoms with Crippen LogP contribution in [0.25, 0.3) is 5.76 Å². The number of rotatable bonds is 3. The minimum atomic E-state index is -0.509. The van der Waals surface area contributed by atoms with E-state index >= 15 is 0 Å². The van der Waals surface area contributed by atoms with Crippen LogP contribution in [0.2, 0.25) is 0 Å². The lowest BCUT2D eigenvalue weighted by Gasteiger charge is -2.34. The Morgan fingerprint density at radius 3 is 2.77 bits per heavy atom. The maximum atomic E-state index is 12.4. The van der Waals surface area contributed by atoms with E-state index in [1.54, 1.807) is 4.90 Å². The number of amides is 1. The van der Waals surface area contributed by atoms with Gasteiger partial charge < -0.3 is 14.4 Å². The van der Waals surface area contributed by atoms with Gasteiger partial charge >= 0.3 is 6.09 Å². The van der Waals surface area contributed by atoms with Gasteiger partial charge in [-0.15, -0.1) is 0 Å². The van der Waals surface area contributed by atoms with Crippen LogP contribution in [0, 0.1) is 0 Å². The summed E-state index contributed by atoms with van der Waals surface area (Å²) in [7, 11) is 0. The fraction of sp³-hybridized carbons (Fsp3) is 0.625. The second-order valence-corrected chi connectivity index (χ2v) is 6.54. The second kappa shape index (κ2) is 6.02. The fourth-order valence-corrected chi connectivity index (χ4v) is 2.50. The van der Waals surface area contributed by atoms with Crippen molar-refractivity contribution in [1.29, 1.82) is 0 Å². The molecule has 0 unspecified atom stereocenters. The molecule has 1 aliphatic rings. The van der Waals surface area contributed by atoms with Crippen molar-refractivity contribution in [3.05, 3.63) is 23.5 Å². The molecule has 6 nitrogen and oxygen atoms in total. The molecule has 0 saturated heterocycles. The van der Waals surface area contributed by atoms with E-state index in [2.05, 4.69) is 16.8 Å².